The second kappa shape index (κ2) is 6.42. The summed E-state index contributed by atoms with van der Waals surface area (Å²) in [4.78, 5) is 13.9. The summed E-state index contributed by atoms with van der Waals surface area (Å²) in [6.07, 6.45) is 1.41. The smallest absolute Gasteiger partial charge is 0.254 e. The van der Waals surface area contributed by atoms with E-state index in [9.17, 15) is 17.6 Å². The summed E-state index contributed by atoms with van der Waals surface area (Å²) in [5.74, 6) is -1.18. The number of halogens is 1. The Morgan fingerprint density at radius 1 is 1.33 bits per heavy atom. The van der Waals surface area contributed by atoms with Gasteiger partial charge in [0.25, 0.3) is 5.91 Å². The molecule has 1 saturated carbocycles. The van der Waals surface area contributed by atoms with Crippen molar-refractivity contribution < 1.29 is 22.3 Å². The van der Waals surface area contributed by atoms with E-state index in [1.807, 2.05) is 13.8 Å². The standard InChI is InChI=1S/C16H21FN2O4S/c1-10-9-23-11(2)8-19(10)16(20)12-3-6-14(17)15(7-12)24(21,22)18-13-4-5-13/h3,6-7,10-11,13,18H,4-5,8-9H2,1-2H3. The number of benzene rings is 1. The number of hydrogen-bond donors (Lipinski definition) is 1. The average Bonchev–Trinajstić information content (AvgIpc) is 3.32. The predicted octanol–water partition coefficient (Wildman–Crippen LogP) is 1.52. The molecule has 0 aromatic heterocycles. The Morgan fingerprint density at radius 2 is 2.04 bits per heavy atom. The Balaban J connectivity index is 1.88. The molecule has 2 aliphatic rings. The summed E-state index contributed by atoms with van der Waals surface area (Å²) in [5.41, 5.74) is 0.161. The molecule has 2 atom stereocenters. The summed E-state index contributed by atoms with van der Waals surface area (Å²) in [6.45, 7) is 4.56. The van der Waals surface area contributed by atoms with Gasteiger partial charge in [-0.25, -0.2) is 17.5 Å². The van der Waals surface area contributed by atoms with E-state index in [2.05, 4.69) is 4.72 Å². The van der Waals surface area contributed by atoms with Crippen LogP contribution in [0, 0.1) is 5.82 Å². The molecule has 1 aromatic rings. The molecule has 1 saturated heterocycles. The van der Waals surface area contributed by atoms with Crippen LogP contribution in [0.2, 0.25) is 0 Å². The van der Waals surface area contributed by atoms with Crippen LogP contribution in [-0.4, -0.2) is 50.6 Å². The molecule has 8 heteroatoms. The SMILES string of the molecule is CC1CN(C(=O)c2ccc(F)c(S(=O)(=O)NC3CC3)c2)C(C)CO1. The van der Waals surface area contributed by atoms with Gasteiger partial charge in [-0.2, -0.15) is 0 Å². The molecule has 2 fully saturated rings. The van der Waals surface area contributed by atoms with Crippen LogP contribution in [-0.2, 0) is 14.8 Å². The third-order valence-corrected chi connectivity index (χ3v) is 5.77. The lowest BCUT2D eigenvalue weighted by Gasteiger charge is -2.36. The van der Waals surface area contributed by atoms with E-state index in [1.54, 1.807) is 4.90 Å². The van der Waals surface area contributed by atoms with E-state index < -0.39 is 20.7 Å². The molecule has 2 unspecified atom stereocenters. The first kappa shape index (κ1) is 17.3. The molecule has 6 nitrogen and oxygen atoms in total. The molecule has 1 amide bonds. The maximum absolute atomic E-state index is 14.0. The van der Waals surface area contributed by atoms with Gasteiger partial charge in [-0.05, 0) is 44.9 Å². The minimum Gasteiger partial charge on any atom is -0.375 e. The minimum absolute atomic E-state index is 0.0923. The fraction of sp³-hybridized carbons (Fsp3) is 0.562. The third-order valence-electron chi connectivity index (χ3n) is 4.24. The second-order valence-corrected chi connectivity index (χ2v) is 8.17. The molecule has 1 N–H and O–H groups in total. The van der Waals surface area contributed by atoms with Gasteiger partial charge in [-0.15, -0.1) is 0 Å². The largest absolute Gasteiger partial charge is 0.375 e. The fourth-order valence-corrected chi connectivity index (χ4v) is 4.09. The van der Waals surface area contributed by atoms with Gasteiger partial charge in [0.05, 0.1) is 18.8 Å². The molecule has 1 aliphatic heterocycles. The van der Waals surface area contributed by atoms with Gasteiger partial charge in [-0.3, -0.25) is 4.79 Å². The van der Waals surface area contributed by atoms with Crippen molar-refractivity contribution in [2.75, 3.05) is 13.2 Å². The average molecular weight is 356 g/mol. The Hall–Kier alpha value is -1.51. The third kappa shape index (κ3) is 3.60. The first-order valence-electron chi connectivity index (χ1n) is 8.02. The fourth-order valence-electron chi connectivity index (χ4n) is 2.68. The van der Waals surface area contributed by atoms with Crippen LogP contribution in [0.15, 0.2) is 23.1 Å². The lowest BCUT2D eigenvalue weighted by Crippen LogP contribution is -2.50. The summed E-state index contributed by atoms with van der Waals surface area (Å²) < 4.78 is 46.5. The zero-order valence-electron chi connectivity index (χ0n) is 13.7. The number of sulfonamides is 1. The molecule has 0 bridgehead atoms. The van der Waals surface area contributed by atoms with Gasteiger partial charge in [0.15, 0.2) is 0 Å². The van der Waals surface area contributed by atoms with Crippen molar-refractivity contribution in [2.45, 2.75) is 49.8 Å². The van der Waals surface area contributed by atoms with Crippen LogP contribution >= 0.6 is 0 Å². The van der Waals surface area contributed by atoms with Crippen LogP contribution in [0.1, 0.15) is 37.0 Å². The van der Waals surface area contributed by atoms with Gasteiger partial charge < -0.3 is 9.64 Å². The van der Waals surface area contributed by atoms with Crippen molar-refractivity contribution in [3.8, 4) is 0 Å². The number of carbonyl (C=O) groups excluding carboxylic acids is 1. The highest BCUT2D eigenvalue weighted by Crippen LogP contribution is 2.25. The van der Waals surface area contributed by atoms with Crippen molar-refractivity contribution in [3.05, 3.63) is 29.6 Å². The molecular weight excluding hydrogens is 335 g/mol. The Morgan fingerprint density at radius 3 is 2.71 bits per heavy atom. The van der Waals surface area contributed by atoms with Crippen molar-refractivity contribution in [3.63, 3.8) is 0 Å². The molecule has 3 rings (SSSR count). The Kier molecular flexibility index (Phi) is 4.63. The van der Waals surface area contributed by atoms with Crippen LogP contribution < -0.4 is 4.72 Å². The summed E-state index contributed by atoms with van der Waals surface area (Å²) in [6, 6.07) is 3.22. The van der Waals surface area contributed by atoms with E-state index in [-0.39, 0.29) is 29.7 Å². The van der Waals surface area contributed by atoms with Gasteiger partial charge in [-0.1, -0.05) is 0 Å². The van der Waals surface area contributed by atoms with Gasteiger partial charge >= 0.3 is 0 Å². The number of amides is 1. The topological polar surface area (TPSA) is 75.7 Å². The molecule has 24 heavy (non-hydrogen) atoms. The van der Waals surface area contributed by atoms with Gasteiger partial charge in [0.2, 0.25) is 10.0 Å². The monoisotopic (exact) mass is 356 g/mol. The van der Waals surface area contributed by atoms with E-state index in [0.717, 1.165) is 25.0 Å². The summed E-state index contributed by atoms with van der Waals surface area (Å²) >= 11 is 0. The van der Waals surface area contributed by atoms with Gasteiger partial charge in [0.1, 0.15) is 10.7 Å². The zero-order valence-corrected chi connectivity index (χ0v) is 14.5. The quantitative estimate of drug-likeness (QED) is 0.887. The lowest BCUT2D eigenvalue weighted by molar-refractivity contribution is -0.0387. The number of hydrogen-bond acceptors (Lipinski definition) is 4. The zero-order chi connectivity index (χ0) is 17.5. The van der Waals surface area contributed by atoms with Crippen LogP contribution in [0.5, 0.6) is 0 Å². The normalized spacial score (nSPS) is 24.9. The number of nitrogens with zero attached hydrogens (tertiary/aromatic N) is 1. The molecule has 0 radical (unpaired) electrons. The highest BCUT2D eigenvalue weighted by Gasteiger charge is 2.32. The van der Waals surface area contributed by atoms with Gasteiger partial charge in [0, 0.05) is 18.2 Å². The highest BCUT2D eigenvalue weighted by atomic mass is 32.2. The van der Waals surface area contributed by atoms with E-state index in [0.29, 0.717) is 13.2 Å². The van der Waals surface area contributed by atoms with Crippen molar-refractivity contribution in [1.29, 1.82) is 0 Å². The molecule has 1 aromatic carbocycles. The highest BCUT2D eigenvalue weighted by molar-refractivity contribution is 7.89. The van der Waals surface area contributed by atoms with Crippen molar-refractivity contribution in [1.82, 2.24) is 9.62 Å². The molecule has 1 aliphatic carbocycles. The first-order valence-corrected chi connectivity index (χ1v) is 9.50. The number of ether oxygens (including phenoxy) is 1. The number of rotatable bonds is 4. The summed E-state index contributed by atoms with van der Waals surface area (Å²) in [7, 11) is -3.96. The molecule has 1 heterocycles. The maximum Gasteiger partial charge on any atom is 0.254 e. The lowest BCUT2D eigenvalue weighted by atomic mass is 10.1. The van der Waals surface area contributed by atoms with Crippen LogP contribution in [0.3, 0.4) is 0 Å². The Bertz CT molecular complexity index is 748. The van der Waals surface area contributed by atoms with E-state index in [1.165, 1.54) is 6.07 Å². The number of nitrogens with one attached hydrogen (secondary N) is 1. The maximum atomic E-state index is 14.0. The van der Waals surface area contributed by atoms with E-state index >= 15 is 0 Å². The second-order valence-electron chi connectivity index (χ2n) is 6.49. The molecule has 0 spiro atoms. The number of morpholine rings is 1. The molecular formula is C16H21FN2O4S. The van der Waals surface area contributed by atoms with Crippen LogP contribution in [0.25, 0.3) is 0 Å². The van der Waals surface area contributed by atoms with Crippen LogP contribution in [0.4, 0.5) is 4.39 Å². The molecule has 132 valence electrons. The minimum atomic E-state index is -3.96. The van der Waals surface area contributed by atoms with Crippen molar-refractivity contribution in [2.24, 2.45) is 0 Å². The predicted molar refractivity (Wildman–Crippen MR) is 85.7 cm³/mol. The summed E-state index contributed by atoms with van der Waals surface area (Å²) in [5, 5.41) is 0. The first-order chi connectivity index (χ1) is 11.3. The number of carbonyl (C=O) groups is 1. The van der Waals surface area contributed by atoms with Crippen molar-refractivity contribution >= 4 is 15.9 Å². The van der Waals surface area contributed by atoms with E-state index in [4.69, 9.17) is 4.74 Å². The Labute approximate surface area is 141 Å².